The van der Waals surface area contributed by atoms with Crippen molar-refractivity contribution < 1.29 is 0 Å². The quantitative estimate of drug-likeness (QED) is 0.528. The summed E-state index contributed by atoms with van der Waals surface area (Å²) in [5, 5.41) is 13.3. The highest BCUT2D eigenvalue weighted by molar-refractivity contribution is 8.05. The number of hydrogen-bond donors (Lipinski definition) is 1. The first-order chi connectivity index (χ1) is 8.67. The number of thioether (sulfide) groups is 1. The molecule has 0 bridgehead atoms. The summed E-state index contributed by atoms with van der Waals surface area (Å²) in [6.45, 7) is 0. The van der Waals surface area contributed by atoms with Gasteiger partial charge in [-0.3, -0.25) is 5.01 Å². The zero-order valence-electron chi connectivity index (χ0n) is 9.31. The summed E-state index contributed by atoms with van der Waals surface area (Å²) in [6, 6.07) is 7.75. The third kappa shape index (κ3) is 3.09. The van der Waals surface area contributed by atoms with Gasteiger partial charge in [-0.15, -0.1) is 11.6 Å². The molecule has 1 N–H and O–H groups in total. The van der Waals surface area contributed by atoms with Crippen LogP contribution in [0.3, 0.4) is 0 Å². The standard InChI is InChI=1S/C11H10Cl2N4S/c12-6-17-8-15-11(16-17,18-7-14)5-9-1-3-10(13)4-2-9/h1-4,8,16H,5-6H2. The summed E-state index contributed by atoms with van der Waals surface area (Å²) in [4.78, 5) is 3.63. The molecular formula is C11H10Cl2N4S. The predicted octanol–water partition coefficient (Wildman–Crippen LogP) is 2.80. The molecule has 0 amide bonds. The molecule has 0 radical (unpaired) electrons. The summed E-state index contributed by atoms with van der Waals surface area (Å²) >= 11 is 12.6. The Morgan fingerprint density at radius 2 is 2.17 bits per heavy atom. The van der Waals surface area contributed by atoms with E-state index in [4.69, 9.17) is 28.5 Å². The van der Waals surface area contributed by atoms with Crippen LogP contribution in [0.25, 0.3) is 0 Å². The van der Waals surface area contributed by atoms with Crippen LogP contribution < -0.4 is 5.43 Å². The number of hydrazine groups is 1. The number of aliphatic imine (C=N–C) groups is 1. The molecule has 1 atom stereocenters. The number of nitrogens with zero attached hydrogens (tertiary/aromatic N) is 3. The summed E-state index contributed by atoms with van der Waals surface area (Å²) in [5.74, 6) is 0. The van der Waals surface area contributed by atoms with E-state index in [2.05, 4.69) is 15.8 Å². The molecule has 1 aliphatic heterocycles. The minimum absolute atomic E-state index is 0.276. The first-order valence-corrected chi connectivity index (χ1v) is 6.88. The Morgan fingerprint density at radius 1 is 1.44 bits per heavy atom. The third-order valence-electron chi connectivity index (χ3n) is 2.42. The first-order valence-electron chi connectivity index (χ1n) is 5.15. The van der Waals surface area contributed by atoms with Crippen molar-refractivity contribution in [2.45, 2.75) is 11.4 Å². The highest BCUT2D eigenvalue weighted by atomic mass is 35.5. The van der Waals surface area contributed by atoms with Gasteiger partial charge in [0.2, 0.25) is 0 Å². The molecule has 1 aromatic carbocycles. The summed E-state index contributed by atoms with van der Waals surface area (Å²) in [6.07, 6.45) is 2.18. The second-order valence-corrected chi connectivity index (χ2v) is 5.46. The van der Waals surface area contributed by atoms with E-state index >= 15 is 0 Å². The molecule has 0 aromatic heterocycles. The average molecular weight is 301 g/mol. The van der Waals surface area contributed by atoms with Gasteiger partial charge < -0.3 is 0 Å². The molecule has 7 heteroatoms. The second kappa shape index (κ2) is 5.81. The van der Waals surface area contributed by atoms with Crippen molar-refractivity contribution in [3.63, 3.8) is 0 Å². The lowest BCUT2D eigenvalue weighted by atomic mass is 10.1. The molecule has 0 saturated carbocycles. The smallest absolute Gasteiger partial charge is 0.193 e. The number of hydrogen-bond acceptors (Lipinski definition) is 5. The molecule has 2 rings (SSSR count). The lowest BCUT2D eigenvalue weighted by Crippen LogP contribution is -2.45. The third-order valence-corrected chi connectivity index (χ3v) is 3.70. The Labute approximate surface area is 120 Å². The monoisotopic (exact) mass is 300 g/mol. The van der Waals surface area contributed by atoms with Crippen molar-refractivity contribution in [2.24, 2.45) is 4.99 Å². The minimum Gasteiger partial charge on any atom is -0.281 e. The lowest BCUT2D eigenvalue weighted by Gasteiger charge is -2.25. The first kappa shape index (κ1) is 13.5. The number of alkyl halides is 1. The number of rotatable bonds is 4. The van der Waals surface area contributed by atoms with E-state index in [-0.39, 0.29) is 6.00 Å². The maximum atomic E-state index is 8.90. The van der Waals surface area contributed by atoms with E-state index in [0.717, 1.165) is 17.3 Å². The average Bonchev–Trinajstić information content (AvgIpc) is 2.76. The fourth-order valence-corrected chi connectivity index (χ4v) is 2.53. The van der Waals surface area contributed by atoms with E-state index in [1.165, 1.54) is 0 Å². The van der Waals surface area contributed by atoms with Crippen LogP contribution in [0.15, 0.2) is 29.3 Å². The van der Waals surface area contributed by atoms with Crippen molar-refractivity contribution in [3.8, 4) is 5.40 Å². The van der Waals surface area contributed by atoms with Gasteiger partial charge >= 0.3 is 0 Å². The zero-order chi connectivity index (χ0) is 13.0. The van der Waals surface area contributed by atoms with Gasteiger partial charge in [-0.2, -0.15) is 10.7 Å². The Bertz CT molecular complexity index is 485. The van der Waals surface area contributed by atoms with E-state index in [1.54, 1.807) is 11.3 Å². The van der Waals surface area contributed by atoms with Crippen molar-refractivity contribution in [1.82, 2.24) is 10.4 Å². The van der Waals surface area contributed by atoms with Crippen LogP contribution in [-0.4, -0.2) is 22.3 Å². The molecule has 0 saturated heterocycles. The molecule has 1 unspecified atom stereocenters. The fraction of sp³-hybridized carbons (Fsp3) is 0.273. The van der Waals surface area contributed by atoms with Crippen molar-refractivity contribution >= 4 is 41.3 Å². The second-order valence-electron chi connectivity index (χ2n) is 3.73. The molecular weight excluding hydrogens is 291 g/mol. The molecule has 0 aliphatic carbocycles. The van der Waals surface area contributed by atoms with E-state index in [9.17, 15) is 0 Å². The van der Waals surface area contributed by atoms with Crippen LogP contribution in [-0.2, 0) is 6.42 Å². The van der Waals surface area contributed by atoms with Crippen LogP contribution in [0.5, 0.6) is 0 Å². The largest absolute Gasteiger partial charge is 0.281 e. The van der Waals surface area contributed by atoms with Crippen LogP contribution in [0.2, 0.25) is 5.02 Å². The molecule has 18 heavy (non-hydrogen) atoms. The van der Waals surface area contributed by atoms with Crippen LogP contribution in [0.4, 0.5) is 0 Å². The summed E-state index contributed by atoms with van der Waals surface area (Å²) in [7, 11) is 0. The molecule has 1 aromatic rings. The maximum Gasteiger partial charge on any atom is 0.193 e. The number of nitriles is 1. The van der Waals surface area contributed by atoms with E-state index in [0.29, 0.717) is 11.4 Å². The predicted molar refractivity (Wildman–Crippen MR) is 75.3 cm³/mol. The molecule has 1 aliphatic rings. The number of halogens is 2. The summed E-state index contributed by atoms with van der Waals surface area (Å²) < 4.78 is 0. The normalized spacial score (nSPS) is 22.2. The van der Waals surface area contributed by atoms with Gasteiger partial charge in [0.15, 0.2) is 4.99 Å². The van der Waals surface area contributed by atoms with E-state index in [1.807, 2.05) is 24.3 Å². The fourth-order valence-electron chi connectivity index (χ4n) is 1.63. The van der Waals surface area contributed by atoms with Gasteiger partial charge in [-0.1, -0.05) is 23.7 Å². The molecule has 1 heterocycles. The van der Waals surface area contributed by atoms with Crippen molar-refractivity contribution in [3.05, 3.63) is 34.9 Å². The van der Waals surface area contributed by atoms with Crippen LogP contribution in [0, 0.1) is 10.7 Å². The maximum absolute atomic E-state index is 8.90. The highest BCUT2D eigenvalue weighted by Crippen LogP contribution is 2.30. The van der Waals surface area contributed by atoms with Gasteiger partial charge in [0.25, 0.3) is 0 Å². The van der Waals surface area contributed by atoms with Gasteiger partial charge in [0.1, 0.15) is 17.7 Å². The topological polar surface area (TPSA) is 51.4 Å². The lowest BCUT2D eigenvalue weighted by molar-refractivity contribution is 0.317. The van der Waals surface area contributed by atoms with Gasteiger partial charge in [-0.05, 0) is 17.7 Å². The highest BCUT2D eigenvalue weighted by Gasteiger charge is 2.36. The van der Waals surface area contributed by atoms with Gasteiger partial charge in [-0.25, -0.2) is 4.99 Å². The Hall–Kier alpha value is -0.930. The SMILES string of the molecule is N#CSC1(Cc2ccc(Cl)cc2)N=CN(CCl)N1. The molecule has 0 spiro atoms. The minimum atomic E-state index is -0.711. The Kier molecular flexibility index (Phi) is 4.36. The van der Waals surface area contributed by atoms with Crippen molar-refractivity contribution in [2.75, 3.05) is 6.00 Å². The molecule has 4 nitrogen and oxygen atoms in total. The number of thiocyanates is 1. The van der Waals surface area contributed by atoms with Crippen LogP contribution >= 0.6 is 35.0 Å². The number of nitrogens with one attached hydrogen (secondary N) is 1. The summed E-state index contributed by atoms with van der Waals surface area (Å²) in [5.41, 5.74) is 4.15. The zero-order valence-corrected chi connectivity index (χ0v) is 11.6. The van der Waals surface area contributed by atoms with Crippen molar-refractivity contribution in [1.29, 1.82) is 5.26 Å². The van der Waals surface area contributed by atoms with E-state index < -0.39 is 4.99 Å². The van der Waals surface area contributed by atoms with Gasteiger partial charge in [0.05, 0.1) is 0 Å². The number of benzene rings is 1. The van der Waals surface area contributed by atoms with Crippen LogP contribution in [0.1, 0.15) is 5.56 Å². The van der Waals surface area contributed by atoms with Gasteiger partial charge in [0, 0.05) is 23.2 Å². The Morgan fingerprint density at radius 3 is 2.72 bits per heavy atom. The Balaban J connectivity index is 2.15. The molecule has 94 valence electrons. The molecule has 0 fully saturated rings.